The van der Waals surface area contributed by atoms with Gasteiger partial charge in [-0.3, -0.25) is 9.69 Å². The van der Waals surface area contributed by atoms with Crippen LogP contribution in [0.1, 0.15) is 61.3 Å². The number of aromatic nitrogens is 5. The number of piperazine rings is 1. The molecule has 1 fully saturated rings. The fraction of sp³-hybridized carbons (Fsp3) is 0.448. The molecule has 1 aliphatic rings. The van der Waals surface area contributed by atoms with Crippen molar-refractivity contribution >= 4 is 16.6 Å². The summed E-state index contributed by atoms with van der Waals surface area (Å²) < 4.78 is 1.91. The van der Waals surface area contributed by atoms with E-state index in [2.05, 4.69) is 89.2 Å². The van der Waals surface area contributed by atoms with Gasteiger partial charge in [-0.15, -0.1) is 5.10 Å². The third-order valence-corrected chi connectivity index (χ3v) is 8.18. The molecule has 0 aliphatic carbocycles. The molecule has 0 amide bonds. The van der Waals surface area contributed by atoms with Crippen LogP contribution in [0.25, 0.3) is 10.9 Å². The van der Waals surface area contributed by atoms with Crippen molar-refractivity contribution < 1.29 is 0 Å². The second-order valence-corrected chi connectivity index (χ2v) is 10.9. The molecule has 1 atom stereocenters. The summed E-state index contributed by atoms with van der Waals surface area (Å²) >= 11 is 0. The number of benzene rings is 2. The Morgan fingerprint density at radius 3 is 2.43 bits per heavy atom. The first-order valence-corrected chi connectivity index (χ1v) is 13.2. The van der Waals surface area contributed by atoms with E-state index in [0.717, 1.165) is 49.1 Å². The van der Waals surface area contributed by atoms with Crippen LogP contribution in [-0.2, 0) is 5.54 Å². The summed E-state index contributed by atoms with van der Waals surface area (Å²) in [4.78, 5) is 21.6. The number of hydrogen-bond donors (Lipinski definition) is 1. The first kappa shape index (κ1) is 25.1. The highest BCUT2D eigenvalue weighted by Crippen LogP contribution is 2.32. The van der Waals surface area contributed by atoms with E-state index in [4.69, 9.17) is 0 Å². The summed E-state index contributed by atoms with van der Waals surface area (Å²) in [5.74, 6) is 0.713. The van der Waals surface area contributed by atoms with Gasteiger partial charge in [0, 0.05) is 37.4 Å². The molecule has 8 nitrogen and oxygen atoms in total. The van der Waals surface area contributed by atoms with E-state index in [-0.39, 0.29) is 17.1 Å². The van der Waals surface area contributed by atoms with E-state index >= 15 is 0 Å². The largest absolute Gasteiger partial charge is 0.369 e. The molecule has 0 spiro atoms. The number of nitrogens with zero attached hydrogens (tertiary/aromatic N) is 6. The van der Waals surface area contributed by atoms with E-state index in [1.165, 1.54) is 16.8 Å². The molecule has 2 aromatic carbocycles. The van der Waals surface area contributed by atoms with Crippen molar-refractivity contribution in [1.82, 2.24) is 30.1 Å². The fourth-order valence-corrected chi connectivity index (χ4v) is 5.35. The molecule has 0 saturated carbocycles. The highest BCUT2D eigenvalue weighted by molar-refractivity contribution is 5.82. The van der Waals surface area contributed by atoms with Gasteiger partial charge in [-0.1, -0.05) is 37.3 Å². The van der Waals surface area contributed by atoms with E-state index in [0.29, 0.717) is 11.4 Å². The number of tetrazole rings is 1. The summed E-state index contributed by atoms with van der Waals surface area (Å²) in [6.07, 6.45) is 0.867. The molecular weight excluding hydrogens is 462 g/mol. The standard InChI is InChI=1S/C29H37N7O/c1-7-29(5,6)36-27(31-32-33-36)26(23-18-22-12-8-11-20(3)25(22)30-28(23)37)35-16-14-34(15-17-35)24-13-9-10-19(2)21(24)4/h8-13,18,26H,7,14-17H2,1-6H3,(H,30,37). The Kier molecular flexibility index (Phi) is 6.62. The van der Waals surface area contributed by atoms with Crippen molar-refractivity contribution in [1.29, 1.82) is 0 Å². The average Bonchev–Trinajstić information content (AvgIpc) is 3.38. The number of hydrogen-bond acceptors (Lipinski definition) is 6. The monoisotopic (exact) mass is 499 g/mol. The molecule has 1 saturated heterocycles. The summed E-state index contributed by atoms with van der Waals surface area (Å²) in [6.45, 7) is 16.1. The zero-order valence-corrected chi connectivity index (χ0v) is 22.7. The minimum absolute atomic E-state index is 0.0902. The van der Waals surface area contributed by atoms with Crippen molar-refractivity contribution in [3.05, 3.63) is 80.9 Å². The van der Waals surface area contributed by atoms with Crippen LogP contribution >= 0.6 is 0 Å². The van der Waals surface area contributed by atoms with Gasteiger partial charge in [0.2, 0.25) is 0 Å². The molecule has 1 N–H and O–H groups in total. The zero-order chi connectivity index (χ0) is 26.3. The molecule has 0 bridgehead atoms. The molecular formula is C29H37N7O. The minimum atomic E-state index is -0.352. The van der Waals surface area contributed by atoms with Crippen LogP contribution in [0.5, 0.6) is 0 Å². The molecule has 3 heterocycles. The van der Waals surface area contributed by atoms with Gasteiger partial charge in [0.05, 0.1) is 11.1 Å². The average molecular weight is 500 g/mol. The summed E-state index contributed by atoms with van der Waals surface area (Å²) in [5.41, 5.74) is 6.15. The number of anilines is 1. The third-order valence-electron chi connectivity index (χ3n) is 8.18. The van der Waals surface area contributed by atoms with Gasteiger partial charge in [0.25, 0.3) is 5.56 Å². The number of aryl methyl sites for hydroxylation is 2. The van der Waals surface area contributed by atoms with Gasteiger partial charge in [-0.25, -0.2) is 4.68 Å². The van der Waals surface area contributed by atoms with Crippen LogP contribution in [0, 0.1) is 20.8 Å². The van der Waals surface area contributed by atoms with Crippen molar-refractivity contribution in [2.24, 2.45) is 0 Å². The molecule has 8 heteroatoms. The Hall–Kier alpha value is -3.52. The molecule has 1 unspecified atom stereocenters. The maximum Gasteiger partial charge on any atom is 0.253 e. The molecule has 2 aromatic heterocycles. The Morgan fingerprint density at radius 2 is 1.70 bits per heavy atom. The van der Waals surface area contributed by atoms with E-state index in [1.807, 2.05) is 29.8 Å². The van der Waals surface area contributed by atoms with Crippen molar-refractivity contribution in [2.45, 2.75) is 59.5 Å². The van der Waals surface area contributed by atoms with Crippen LogP contribution in [-0.4, -0.2) is 56.3 Å². The zero-order valence-electron chi connectivity index (χ0n) is 22.7. The van der Waals surface area contributed by atoms with E-state index in [9.17, 15) is 4.79 Å². The van der Waals surface area contributed by atoms with Gasteiger partial charge >= 0.3 is 0 Å². The quantitative estimate of drug-likeness (QED) is 0.421. The minimum Gasteiger partial charge on any atom is -0.369 e. The molecule has 194 valence electrons. The second kappa shape index (κ2) is 9.74. The van der Waals surface area contributed by atoms with Crippen LogP contribution in [0.3, 0.4) is 0 Å². The van der Waals surface area contributed by atoms with Crippen LogP contribution in [0.4, 0.5) is 5.69 Å². The third kappa shape index (κ3) is 4.55. The lowest BCUT2D eigenvalue weighted by molar-refractivity contribution is 0.186. The van der Waals surface area contributed by atoms with Gasteiger partial charge < -0.3 is 9.88 Å². The summed E-state index contributed by atoms with van der Waals surface area (Å²) in [7, 11) is 0. The highest BCUT2D eigenvalue weighted by Gasteiger charge is 2.36. The van der Waals surface area contributed by atoms with Gasteiger partial charge in [-0.05, 0) is 85.7 Å². The number of rotatable bonds is 6. The first-order chi connectivity index (χ1) is 17.7. The number of H-pyrrole nitrogens is 1. The summed E-state index contributed by atoms with van der Waals surface area (Å²) in [5, 5.41) is 14.0. The second-order valence-electron chi connectivity index (χ2n) is 10.9. The SMILES string of the molecule is CCC(C)(C)n1nnnc1C(c1cc2cccc(C)c2[nH]c1=O)N1CCN(c2cccc(C)c2C)CC1. The predicted molar refractivity (Wildman–Crippen MR) is 148 cm³/mol. The van der Waals surface area contributed by atoms with Crippen molar-refractivity contribution in [3.63, 3.8) is 0 Å². The molecule has 5 rings (SSSR count). The van der Waals surface area contributed by atoms with E-state index < -0.39 is 0 Å². The lowest BCUT2D eigenvalue weighted by Crippen LogP contribution is -2.49. The number of aromatic amines is 1. The molecule has 37 heavy (non-hydrogen) atoms. The van der Waals surface area contributed by atoms with Crippen LogP contribution < -0.4 is 10.5 Å². The van der Waals surface area contributed by atoms with Crippen LogP contribution in [0.15, 0.2) is 47.3 Å². The molecule has 0 radical (unpaired) electrons. The lowest BCUT2D eigenvalue weighted by atomic mass is 9.98. The van der Waals surface area contributed by atoms with Crippen LogP contribution in [0.2, 0.25) is 0 Å². The van der Waals surface area contributed by atoms with Crippen molar-refractivity contribution in [2.75, 3.05) is 31.1 Å². The Labute approximate surface area is 218 Å². The molecule has 1 aliphatic heterocycles. The normalized spacial score (nSPS) is 15.9. The highest BCUT2D eigenvalue weighted by atomic mass is 16.1. The van der Waals surface area contributed by atoms with Gasteiger partial charge in [0.15, 0.2) is 5.82 Å². The lowest BCUT2D eigenvalue weighted by Gasteiger charge is -2.40. The maximum absolute atomic E-state index is 13.6. The van der Waals surface area contributed by atoms with Crippen molar-refractivity contribution in [3.8, 4) is 0 Å². The Balaban J connectivity index is 1.57. The molecule has 4 aromatic rings. The Bertz CT molecular complexity index is 1480. The first-order valence-electron chi connectivity index (χ1n) is 13.2. The maximum atomic E-state index is 13.6. The number of pyridine rings is 1. The smallest absolute Gasteiger partial charge is 0.253 e. The number of para-hydroxylation sites is 1. The predicted octanol–water partition coefficient (Wildman–Crippen LogP) is 4.50. The number of fused-ring (bicyclic) bond motifs is 1. The fourth-order valence-electron chi connectivity index (χ4n) is 5.35. The topological polar surface area (TPSA) is 82.9 Å². The summed E-state index contributed by atoms with van der Waals surface area (Å²) in [6, 6.07) is 14.3. The van der Waals surface area contributed by atoms with E-state index in [1.54, 1.807) is 0 Å². The number of nitrogens with one attached hydrogen (secondary N) is 1. The van der Waals surface area contributed by atoms with Gasteiger partial charge in [0.1, 0.15) is 6.04 Å². The van der Waals surface area contributed by atoms with Gasteiger partial charge in [-0.2, -0.15) is 0 Å². The Morgan fingerprint density at radius 1 is 1.00 bits per heavy atom.